The number of likely N-dealkylation sites (tertiary alicyclic amines) is 1. The second kappa shape index (κ2) is 9.97. The minimum atomic E-state index is 0.149. The van der Waals surface area contributed by atoms with Crippen molar-refractivity contribution in [3.05, 3.63) is 66.2 Å². The van der Waals surface area contributed by atoms with Gasteiger partial charge in [0, 0.05) is 19.0 Å². The van der Waals surface area contributed by atoms with Crippen LogP contribution in [0.25, 0.3) is 0 Å². The van der Waals surface area contributed by atoms with Crippen LogP contribution in [0.3, 0.4) is 0 Å². The fraction of sp³-hybridized carbons (Fsp3) is 0.409. The van der Waals surface area contributed by atoms with E-state index in [-0.39, 0.29) is 11.8 Å². The van der Waals surface area contributed by atoms with E-state index in [1.807, 2.05) is 60.7 Å². The van der Waals surface area contributed by atoms with E-state index >= 15 is 0 Å². The molecular weight excluding hydrogens is 324 g/mol. The monoisotopic (exact) mass is 352 g/mol. The standard InChI is InChI=1S/C22H28N2O2/c25-22(23-18-19-8-3-1-4-9-19)20-12-15-24(16-13-20)14-7-17-26-21-10-5-2-6-11-21/h1-6,8-11,20H,7,12-18H2,(H,23,25). The topological polar surface area (TPSA) is 41.6 Å². The van der Waals surface area contributed by atoms with Crippen molar-refractivity contribution < 1.29 is 9.53 Å². The molecule has 1 amide bonds. The van der Waals surface area contributed by atoms with Crippen LogP contribution in [0.1, 0.15) is 24.8 Å². The first-order valence-corrected chi connectivity index (χ1v) is 9.53. The Morgan fingerprint density at radius 2 is 1.65 bits per heavy atom. The Balaban J connectivity index is 1.29. The average Bonchev–Trinajstić information content (AvgIpc) is 2.71. The molecule has 1 saturated heterocycles. The summed E-state index contributed by atoms with van der Waals surface area (Å²) < 4.78 is 5.74. The molecule has 1 aliphatic heterocycles. The minimum absolute atomic E-state index is 0.149. The third-order valence-corrected chi connectivity index (χ3v) is 4.90. The molecule has 4 heteroatoms. The quantitative estimate of drug-likeness (QED) is 0.740. The molecule has 0 aliphatic carbocycles. The van der Waals surface area contributed by atoms with E-state index in [1.165, 1.54) is 0 Å². The predicted octanol–water partition coefficient (Wildman–Crippen LogP) is 3.48. The number of hydrogen-bond acceptors (Lipinski definition) is 3. The Hall–Kier alpha value is -2.33. The molecule has 0 atom stereocenters. The van der Waals surface area contributed by atoms with Gasteiger partial charge < -0.3 is 15.0 Å². The van der Waals surface area contributed by atoms with Crippen molar-refractivity contribution in [2.75, 3.05) is 26.2 Å². The number of piperidine rings is 1. The summed E-state index contributed by atoms with van der Waals surface area (Å²) in [7, 11) is 0. The second-order valence-electron chi connectivity index (χ2n) is 6.83. The number of para-hydroxylation sites is 1. The molecule has 0 radical (unpaired) electrons. The van der Waals surface area contributed by atoms with E-state index in [0.717, 1.165) is 56.8 Å². The van der Waals surface area contributed by atoms with E-state index in [9.17, 15) is 4.79 Å². The lowest BCUT2D eigenvalue weighted by atomic mass is 9.95. The maximum absolute atomic E-state index is 12.3. The van der Waals surface area contributed by atoms with Crippen molar-refractivity contribution in [2.45, 2.75) is 25.8 Å². The zero-order valence-corrected chi connectivity index (χ0v) is 15.3. The average molecular weight is 352 g/mol. The van der Waals surface area contributed by atoms with Gasteiger partial charge in [-0.2, -0.15) is 0 Å². The van der Waals surface area contributed by atoms with Crippen LogP contribution in [-0.2, 0) is 11.3 Å². The molecule has 1 fully saturated rings. The number of carbonyl (C=O) groups is 1. The van der Waals surface area contributed by atoms with Gasteiger partial charge >= 0.3 is 0 Å². The molecule has 1 N–H and O–H groups in total. The summed E-state index contributed by atoms with van der Waals surface area (Å²) in [6.45, 7) is 4.38. The Kier molecular flexibility index (Phi) is 7.08. The molecule has 4 nitrogen and oxygen atoms in total. The third-order valence-electron chi connectivity index (χ3n) is 4.90. The van der Waals surface area contributed by atoms with Crippen LogP contribution >= 0.6 is 0 Å². The first-order valence-electron chi connectivity index (χ1n) is 9.53. The number of carbonyl (C=O) groups excluding carboxylic acids is 1. The van der Waals surface area contributed by atoms with E-state index in [0.29, 0.717) is 6.54 Å². The highest BCUT2D eigenvalue weighted by Crippen LogP contribution is 2.18. The zero-order valence-electron chi connectivity index (χ0n) is 15.3. The summed E-state index contributed by atoms with van der Waals surface area (Å²) in [4.78, 5) is 14.8. The molecule has 0 spiro atoms. The third kappa shape index (κ3) is 5.88. The maximum Gasteiger partial charge on any atom is 0.223 e. The Bertz CT molecular complexity index is 652. The number of rotatable bonds is 8. The Labute approximate surface area is 156 Å². The van der Waals surface area contributed by atoms with Crippen LogP contribution in [0.4, 0.5) is 0 Å². The molecule has 0 unspecified atom stereocenters. The molecule has 0 bridgehead atoms. The van der Waals surface area contributed by atoms with Gasteiger partial charge in [0.15, 0.2) is 0 Å². The van der Waals surface area contributed by atoms with Crippen molar-refractivity contribution in [3.8, 4) is 5.75 Å². The molecule has 2 aromatic carbocycles. The van der Waals surface area contributed by atoms with Crippen LogP contribution in [0.15, 0.2) is 60.7 Å². The van der Waals surface area contributed by atoms with Gasteiger partial charge in [-0.05, 0) is 50.0 Å². The number of hydrogen-bond donors (Lipinski definition) is 1. The van der Waals surface area contributed by atoms with E-state index in [4.69, 9.17) is 4.74 Å². The number of nitrogens with zero attached hydrogens (tertiary/aromatic N) is 1. The van der Waals surface area contributed by atoms with Crippen molar-refractivity contribution >= 4 is 5.91 Å². The Morgan fingerprint density at radius 3 is 2.35 bits per heavy atom. The first kappa shape index (κ1) is 18.5. The van der Waals surface area contributed by atoms with Gasteiger partial charge in [-0.1, -0.05) is 48.5 Å². The van der Waals surface area contributed by atoms with Gasteiger partial charge in [-0.3, -0.25) is 4.79 Å². The zero-order chi connectivity index (χ0) is 18.0. The van der Waals surface area contributed by atoms with Crippen LogP contribution < -0.4 is 10.1 Å². The van der Waals surface area contributed by atoms with Crippen LogP contribution in [0.5, 0.6) is 5.75 Å². The molecule has 138 valence electrons. The molecule has 26 heavy (non-hydrogen) atoms. The van der Waals surface area contributed by atoms with E-state index in [1.54, 1.807) is 0 Å². The lowest BCUT2D eigenvalue weighted by molar-refractivity contribution is -0.126. The summed E-state index contributed by atoms with van der Waals surface area (Å²) in [5.41, 5.74) is 1.15. The number of benzene rings is 2. The van der Waals surface area contributed by atoms with Gasteiger partial charge in [0.05, 0.1) is 6.61 Å². The summed E-state index contributed by atoms with van der Waals surface area (Å²) in [5.74, 6) is 1.28. The molecule has 1 aliphatic rings. The summed E-state index contributed by atoms with van der Waals surface area (Å²) in [6.07, 6.45) is 2.90. The molecule has 0 aromatic heterocycles. The smallest absolute Gasteiger partial charge is 0.223 e. The highest BCUT2D eigenvalue weighted by atomic mass is 16.5. The molecule has 0 saturated carbocycles. The minimum Gasteiger partial charge on any atom is -0.494 e. The predicted molar refractivity (Wildman–Crippen MR) is 104 cm³/mol. The van der Waals surface area contributed by atoms with Crippen LogP contribution in [0, 0.1) is 5.92 Å². The summed E-state index contributed by atoms with van der Waals surface area (Å²) >= 11 is 0. The number of ether oxygens (including phenoxy) is 1. The maximum atomic E-state index is 12.3. The summed E-state index contributed by atoms with van der Waals surface area (Å²) in [6, 6.07) is 20.0. The van der Waals surface area contributed by atoms with Crippen molar-refractivity contribution in [1.29, 1.82) is 0 Å². The SMILES string of the molecule is O=C(NCc1ccccc1)C1CCN(CCCOc2ccccc2)CC1. The Morgan fingerprint density at radius 1 is 1.00 bits per heavy atom. The normalized spacial score (nSPS) is 15.5. The highest BCUT2D eigenvalue weighted by Gasteiger charge is 2.24. The van der Waals surface area contributed by atoms with Gasteiger partial charge in [-0.15, -0.1) is 0 Å². The second-order valence-corrected chi connectivity index (χ2v) is 6.83. The van der Waals surface area contributed by atoms with Crippen molar-refractivity contribution in [1.82, 2.24) is 10.2 Å². The van der Waals surface area contributed by atoms with Gasteiger partial charge in [-0.25, -0.2) is 0 Å². The van der Waals surface area contributed by atoms with Gasteiger partial charge in [0.25, 0.3) is 0 Å². The molecule has 3 rings (SSSR count). The molecular formula is C22H28N2O2. The molecule has 1 heterocycles. The summed E-state index contributed by atoms with van der Waals surface area (Å²) in [5, 5.41) is 3.08. The highest BCUT2D eigenvalue weighted by molar-refractivity contribution is 5.78. The van der Waals surface area contributed by atoms with E-state index in [2.05, 4.69) is 10.2 Å². The molecule has 2 aromatic rings. The fourth-order valence-electron chi connectivity index (χ4n) is 3.34. The lowest BCUT2D eigenvalue weighted by Crippen LogP contribution is -2.40. The van der Waals surface area contributed by atoms with E-state index < -0.39 is 0 Å². The van der Waals surface area contributed by atoms with Gasteiger partial charge in [0.1, 0.15) is 5.75 Å². The van der Waals surface area contributed by atoms with Crippen LogP contribution in [-0.4, -0.2) is 37.0 Å². The first-order chi connectivity index (χ1) is 12.8. The number of nitrogens with one attached hydrogen (secondary N) is 1. The van der Waals surface area contributed by atoms with Gasteiger partial charge in [0.2, 0.25) is 5.91 Å². The largest absolute Gasteiger partial charge is 0.494 e. The lowest BCUT2D eigenvalue weighted by Gasteiger charge is -2.31. The van der Waals surface area contributed by atoms with Crippen molar-refractivity contribution in [3.63, 3.8) is 0 Å². The van der Waals surface area contributed by atoms with Crippen LogP contribution in [0.2, 0.25) is 0 Å². The van der Waals surface area contributed by atoms with Crippen molar-refractivity contribution in [2.24, 2.45) is 5.92 Å². The number of amides is 1. The fourth-order valence-corrected chi connectivity index (χ4v) is 3.34.